The van der Waals surface area contributed by atoms with Crippen LogP contribution in [0.3, 0.4) is 0 Å². The Bertz CT molecular complexity index is 474. The summed E-state index contributed by atoms with van der Waals surface area (Å²) in [7, 11) is 0. The molecule has 1 aromatic carbocycles. The predicted molar refractivity (Wildman–Crippen MR) is 61.8 cm³/mol. The number of rotatable bonds is 2. The minimum atomic E-state index is -1.08. The maximum atomic E-state index is 13.9. The first-order valence-corrected chi connectivity index (χ1v) is 5.94. The van der Waals surface area contributed by atoms with Gasteiger partial charge in [0, 0.05) is 12.6 Å². The van der Waals surface area contributed by atoms with Crippen molar-refractivity contribution in [1.82, 2.24) is 0 Å². The Morgan fingerprint density at radius 3 is 2.76 bits per heavy atom. The minimum Gasteiger partial charge on any atom is -0.478 e. The number of fused-ring (bicyclic) bond motifs is 2. The highest BCUT2D eigenvalue weighted by Gasteiger charge is 2.38. The van der Waals surface area contributed by atoms with Crippen LogP contribution in [0.25, 0.3) is 0 Å². The summed E-state index contributed by atoms with van der Waals surface area (Å²) in [6.45, 7) is 0.911. The number of piperidine rings is 1. The van der Waals surface area contributed by atoms with Crippen molar-refractivity contribution in [2.75, 3.05) is 11.4 Å². The van der Waals surface area contributed by atoms with E-state index in [-0.39, 0.29) is 5.56 Å². The summed E-state index contributed by atoms with van der Waals surface area (Å²) in [6, 6.07) is 4.64. The highest BCUT2D eigenvalue weighted by atomic mass is 19.1. The lowest BCUT2D eigenvalue weighted by atomic mass is 10.1. The summed E-state index contributed by atoms with van der Waals surface area (Å²) in [5.74, 6) is -0.811. The SMILES string of the molecule is O=C(O)c1ccc(N2C[C@H]3CC[C@@H]2C3)c(F)c1. The molecule has 2 aliphatic rings. The smallest absolute Gasteiger partial charge is 0.335 e. The second kappa shape index (κ2) is 3.72. The van der Waals surface area contributed by atoms with Crippen LogP contribution in [-0.4, -0.2) is 23.7 Å². The fourth-order valence-corrected chi connectivity index (χ4v) is 3.09. The molecule has 1 saturated carbocycles. The van der Waals surface area contributed by atoms with Crippen LogP contribution in [-0.2, 0) is 0 Å². The molecule has 3 rings (SSSR count). The third kappa shape index (κ3) is 1.68. The van der Waals surface area contributed by atoms with Crippen molar-refractivity contribution in [3.05, 3.63) is 29.6 Å². The number of nitrogens with zero attached hydrogens (tertiary/aromatic N) is 1. The number of carboxylic acids is 1. The van der Waals surface area contributed by atoms with Gasteiger partial charge < -0.3 is 10.0 Å². The third-order valence-electron chi connectivity index (χ3n) is 3.91. The molecular formula is C13H14FNO2. The van der Waals surface area contributed by atoms with Crippen LogP contribution in [0.4, 0.5) is 10.1 Å². The molecule has 4 heteroatoms. The monoisotopic (exact) mass is 235 g/mol. The zero-order valence-corrected chi connectivity index (χ0v) is 9.40. The van der Waals surface area contributed by atoms with Crippen LogP contribution < -0.4 is 4.90 Å². The molecule has 2 fully saturated rings. The number of hydrogen-bond donors (Lipinski definition) is 1. The Morgan fingerprint density at radius 2 is 2.24 bits per heavy atom. The molecule has 1 saturated heterocycles. The van der Waals surface area contributed by atoms with Crippen molar-refractivity contribution in [3.8, 4) is 0 Å². The fraction of sp³-hybridized carbons (Fsp3) is 0.462. The van der Waals surface area contributed by atoms with Gasteiger partial charge in [-0.3, -0.25) is 0 Å². The van der Waals surface area contributed by atoms with E-state index < -0.39 is 11.8 Å². The molecule has 2 bridgehead atoms. The van der Waals surface area contributed by atoms with E-state index in [1.54, 1.807) is 6.07 Å². The van der Waals surface area contributed by atoms with Crippen molar-refractivity contribution in [2.24, 2.45) is 5.92 Å². The van der Waals surface area contributed by atoms with Gasteiger partial charge in [-0.05, 0) is 43.4 Å². The topological polar surface area (TPSA) is 40.5 Å². The Balaban J connectivity index is 1.91. The van der Waals surface area contributed by atoms with E-state index >= 15 is 0 Å². The molecule has 1 N–H and O–H groups in total. The van der Waals surface area contributed by atoms with Gasteiger partial charge in [0.2, 0.25) is 0 Å². The summed E-state index contributed by atoms with van der Waals surface area (Å²) in [4.78, 5) is 12.8. The van der Waals surface area contributed by atoms with Crippen molar-refractivity contribution < 1.29 is 14.3 Å². The van der Waals surface area contributed by atoms with Crippen molar-refractivity contribution in [2.45, 2.75) is 25.3 Å². The number of carboxylic acid groups (broad SMARTS) is 1. The highest BCUT2D eigenvalue weighted by Crippen LogP contribution is 2.40. The van der Waals surface area contributed by atoms with Gasteiger partial charge in [0.15, 0.2) is 0 Å². The van der Waals surface area contributed by atoms with Gasteiger partial charge in [-0.15, -0.1) is 0 Å². The first kappa shape index (κ1) is 10.6. The average Bonchev–Trinajstić information content (AvgIpc) is 2.90. The molecule has 0 amide bonds. The molecule has 17 heavy (non-hydrogen) atoms. The van der Waals surface area contributed by atoms with E-state index in [9.17, 15) is 9.18 Å². The van der Waals surface area contributed by atoms with Crippen molar-refractivity contribution >= 4 is 11.7 Å². The average molecular weight is 235 g/mol. The first-order valence-electron chi connectivity index (χ1n) is 5.94. The summed E-state index contributed by atoms with van der Waals surface area (Å²) in [5.41, 5.74) is 0.567. The van der Waals surface area contributed by atoms with Gasteiger partial charge in [0.05, 0.1) is 11.3 Å². The molecular weight excluding hydrogens is 221 g/mol. The van der Waals surface area contributed by atoms with Crippen molar-refractivity contribution in [3.63, 3.8) is 0 Å². The van der Waals surface area contributed by atoms with E-state index in [2.05, 4.69) is 4.90 Å². The number of carbonyl (C=O) groups is 1. The largest absolute Gasteiger partial charge is 0.478 e. The third-order valence-corrected chi connectivity index (χ3v) is 3.91. The Morgan fingerprint density at radius 1 is 1.41 bits per heavy atom. The van der Waals surface area contributed by atoms with E-state index in [4.69, 9.17) is 5.11 Å². The summed E-state index contributed by atoms with van der Waals surface area (Å²) >= 11 is 0. The molecule has 90 valence electrons. The summed E-state index contributed by atoms with van der Waals surface area (Å²) in [5, 5.41) is 8.79. The lowest BCUT2D eigenvalue weighted by molar-refractivity contribution is 0.0696. The van der Waals surface area contributed by atoms with Crippen LogP contribution in [0.1, 0.15) is 29.6 Å². The van der Waals surface area contributed by atoms with E-state index in [0.717, 1.165) is 25.5 Å². The van der Waals surface area contributed by atoms with Crippen LogP contribution in [0, 0.1) is 11.7 Å². The molecule has 3 nitrogen and oxygen atoms in total. The Labute approximate surface area is 98.9 Å². The Hall–Kier alpha value is -1.58. The second-order valence-electron chi connectivity index (χ2n) is 4.96. The molecule has 2 atom stereocenters. The second-order valence-corrected chi connectivity index (χ2v) is 4.96. The van der Waals surface area contributed by atoms with E-state index in [1.807, 2.05) is 0 Å². The van der Waals surface area contributed by atoms with Crippen LogP contribution >= 0.6 is 0 Å². The van der Waals surface area contributed by atoms with Crippen LogP contribution in [0.5, 0.6) is 0 Å². The molecule has 1 aromatic rings. The number of anilines is 1. The standard InChI is InChI=1S/C13H14FNO2/c14-11-6-9(13(16)17)2-4-12(11)15-7-8-1-3-10(15)5-8/h2,4,6,8,10H,1,3,5,7H2,(H,16,17)/t8-,10+/m0/s1. The summed E-state index contributed by atoms with van der Waals surface area (Å²) < 4.78 is 13.9. The molecule has 1 heterocycles. The van der Waals surface area contributed by atoms with Gasteiger partial charge in [0.25, 0.3) is 0 Å². The Kier molecular flexibility index (Phi) is 2.31. The zero-order valence-electron chi connectivity index (χ0n) is 9.40. The molecule has 1 aliphatic carbocycles. The van der Waals surface area contributed by atoms with Crippen molar-refractivity contribution in [1.29, 1.82) is 0 Å². The van der Waals surface area contributed by atoms with Gasteiger partial charge >= 0.3 is 5.97 Å². The van der Waals surface area contributed by atoms with Crippen LogP contribution in [0.15, 0.2) is 18.2 Å². The zero-order chi connectivity index (χ0) is 12.0. The van der Waals surface area contributed by atoms with Gasteiger partial charge in [0.1, 0.15) is 5.82 Å². The lowest BCUT2D eigenvalue weighted by Gasteiger charge is -2.29. The normalized spacial score (nSPS) is 26.5. The molecule has 1 aliphatic heterocycles. The maximum Gasteiger partial charge on any atom is 0.335 e. The predicted octanol–water partition coefficient (Wildman–Crippen LogP) is 2.51. The van der Waals surface area contributed by atoms with Gasteiger partial charge in [-0.1, -0.05) is 0 Å². The number of benzene rings is 1. The van der Waals surface area contributed by atoms with Gasteiger partial charge in [-0.25, -0.2) is 9.18 Å². The number of halogens is 1. The first-order chi connectivity index (χ1) is 8.15. The van der Waals surface area contributed by atoms with E-state index in [0.29, 0.717) is 17.6 Å². The fourth-order valence-electron chi connectivity index (χ4n) is 3.09. The minimum absolute atomic E-state index is 0.00982. The van der Waals surface area contributed by atoms with E-state index in [1.165, 1.54) is 12.5 Å². The summed E-state index contributed by atoms with van der Waals surface area (Å²) in [6.07, 6.45) is 3.53. The molecule has 0 radical (unpaired) electrons. The lowest BCUT2D eigenvalue weighted by Crippen LogP contribution is -2.32. The highest BCUT2D eigenvalue weighted by molar-refractivity contribution is 5.88. The molecule has 0 aromatic heterocycles. The number of hydrogen-bond acceptors (Lipinski definition) is 2. The van der Waals surface area contributed by atoms with Gasteiger partial charge in [-0.2, -0.15) is 0 Å². The quantitative estimate of drug-likeness (QED) is 0.856. The molecule has 0 unspecified atom stereocenters. The number of aromatic carboxylic acids is 1. The molecule has 0 spiro atoms. The maximum absolute atomic E-state index is 13.9. The van der Waals surface area contributed by atoms with Crippen LogP contribution in [0.2, 0.25) is 0 Å².